The molecule has 4 aromatic heterocycles. The van der Waals surface area contributed by atoms with Gasteiger partial charge in [0.15, 0.2) is 29.0 Å². The lowest BCUT2D eigenvalue weighted by Gasteiger charge is -2.17. The monoisotopic (exact) mass is 558 g/mol. The second-order valence-electron chi connectivity index (χ2n) is 9.16. The Morgan fingerprint density at radius 1 is 1.25 bits per heavy atom. The molecule has 3 atom stereocenters. The van der Waals surface area contributed by atoms with Crippen molar-refractivity contribution >= 4 is 22.9 Å². The van der Waals surface area contributed by atoms with Crippen LogP contribution in [0.2, 0.25) is 0 Å². The molecule has 1 aliphatic heterocycles. The maximum atomic E-state index is 12.6. The molecule has 4 aromatic rings. The Bertz CT molecular complexity index is 1530. The predicted octanol–water partition coefficient (Wildman–Crippen LogP) is 2.54. The van der Waals surface area contributed by atoms with Crippen molar-refractivity contribution in [2.45, 2.75) is 44.5 Å². The van der Waals surface area contributed by atoms with Crippen molar-refractivity contribution in [3.63, 3.8) is 0 Å². The van der Waals surface area contributed by atoms with Crippen LogP contribution in [-0.2, 0) is 16.1 Å². The lowest BCUT2D eigenvalue weighted by atomic mass is 10.2. The number of hydrogen-bond acceptors (Lipinski definition) is 10. The molecular formula is C25H25F3N8O4. The number of aryl methyl sites for hydroxylation is 1. The highest BCUT2D eigenvalue weighted by molar-refractivity contribution is 5.85. The molecule has 1 amide bonds. The normalized spacial score (nSPS) is 19.1. The molecule has 1 saturated heterocycles. The minimum Gasteiger partial charge on any atom is -0.495 e. The minimum absolute atomic E-state index is 0.212. The molecule has 3 N–H and O–H groups in total. The van der Waals surface area contributed by atoms with Crippen molar-refractivity contribution < 1.29 is 32.5 Å². The molecule has 1 aliphatic rings. The third kappa shape index (κ3) is 5.94. The summed E-state index contributed by atoms with van der Waals surface area (Å²) in [4.78, 5) is 34.5. The molecule has 0 spiro atoms. The first-order valence-corrected chi connectivity index (χ1v) is 12.2. The fourth-order valence-corrected chi connectivity index (χ4v) is 4.25. The van der Waals surface area contributed by atoms with E-state index >= 15 is 0 Å². The fraction of sp³-hybridized carbons (Fsp3) is 0.360. The number of carbonyl (C=O) groups excluding carboxylic acids is 1. The maximum absolute atomic E-state index is 12.6. The summed E-state index contributed by atoms with van der Waals surface area (Å²) in [5.74, 6) is 0.119. The number of aromatic nitrogens is 6. The molecule has 0 bridgehead atoms. The number of anilines is 1. The van der Waals surface area contributed by atoms with Gasteiger partial charge in [0.2, 0.25) is 5.91 Å². The Hall–Kier alpha value is -4.37. The van der Waals surface area contributed by atoms with E-state index < -0.39 is 37.1 Å². The van der Waals surface area contributed by atoms with Crippen LogP contribution in [0, 0.1) is 6.92 Å². The summed E-state index contributed by atoms with van der Waals surface area (Å²) in [5.41, 5.74) is 2.93. The smallest absolute Gasteiger partial charge is 0.405 e. The average molecular weight is 559 g/mol. The van der Waals surface area contributed by atoms with Crippen LogP contribution in [0.3, 0.4) is 0 Å². The van der Waals surface area contributed by atoms with Crippen LogP contribution < -0.4 is 15.4 Å². The lowest BCUT2D eigenvalue weighted by molar-refractivity contribution is -0.146. The number of fused-ring (bicyclic) bond motifs is 1. The molecule has 12 nitrogen and oxygen atoms in total. The summed E-state index contributed by atoms with van der Waals surface area (Å²) >= 11 is 0. The molecule has 0 aromatic carbocycles. The van der Waals surface area contributed by atoms with Gasteiger partial charge in [-0.25, -0.2) is 15.0 Å². The Morgan fingerprint density at radius 3 is 2.83 bits per heavy atom. The Balaban J connectivity index is 1.49. The number of methoxy groups -OCH3 is 1. The molecule has 210 valence electrons. The van der Waals surface area contributed by atoms with Crippen LogP contribution in [0.1, 0.15) is 23.9 Å². The van der Waals surface area contributed by atoms with Crippen molar-refractivity contribution in [2.24, 2.45) is 0 Å². The molecule has 0 radical (unpaired) electrons. The van der Waals surface area contributed by atoms with E-state index in [1.165, 1.54) is 24.2 Å². The van der Waals surface area contributed by atoms with Crippen LogP contribution >= 0.6 is 0 Å². The van der Waals surface area contributed by atoms with Gasteiger partial charge in [-0.15, -0.1) is 0 Å². The van der Waals surface area contributed by atoms with Crippen molar-refractivity contribution in [1.29, 1.82) is 0 Å². The molecular weight excluding hydrogens is 533 g/mol. The largest absolute Gasteiger partial charge is 0.495 e. The van der Waals surface area contributed by atoms with Crippen LogP contribution in [0.5, 0.6) is 5.75 Å². The highest BCUT2D eigenvalue weighted by Crippen LogP contribution is 2.33. The van der Waals surface area contributed by atoms with Crippen LogP contribution in [-0.4, -0.2) is 72.5 Å². The minimum atomic E-state index is -4.58. The molecule has 1 fully saturated rings. The molecule has 0 unspecified atom stereocenters. The second-order valence-corrected chi connectivity index (χ2v) is 9.16. The van der Waals surface area contributed by atoms with Gasteiger partial charge in [-0.2, -0.15) is 13.2 Å². The zero-order valence-electron chi connectivity index (χ0n) is 21.4. The first kappa shape index (κ1) is 27.2. The van der Waals surface area contributed by atoms with Crippen molar-refractivity contribution in [3.05, 3.63) is 54.4 Å². The second kappa shape index (κ2) is 11.0. The first-order chi connectivity index (χ1) is 19.1. The number of halogens is 3. The van der Waals surface area contributed by atoms with Gasteiger partial charge in [0.05, 0.1) is 31.9 Å². The standard InChI is InChI=1S/C25H25F3N8O4/c1-13-3-4-30-15(5-13)9-31-21-19-22(35-20(34-21)14-6-16(39-2)10-29-8-14)36(12-33-19)24-17(37)7-18(40-24)23(38)32-11-25(26,27)28/h3-6,8,10,12,17-18,24,37H,7,9,11H2,1-2H3,(H,32,38)(H,31,34,35)/t17-,18+,24-/m1/s1. The van der Waals surface area contributed by atoms with Gasteiger partial charge >= 0.3 is 6.18 Å². The van der Waals surface area contributed by atoms with Crippen molar-refractivity contribution in [2.75, 3.05) is 19.0 Å². The lowest BCUT2D eigenvalue weighted by Crippen LogP contribution is -2.40. The maximum Gasteiger partial charge on any atom is 0.405 e. The van der Waals surface area contributed by atoms with Crippen LogP contribution in [0.15, 0.2) is 43.1 Å². The zero-order chi connectivity index (χ0) is 28.4. The van der Waals surface area contributed by atoms with Gasteiger partial charge < -0.3 is 25.2 Å². The van der Waals surface area contributed by atoms with E-state index in [0.717, 1.165) is 11.3 Å². The summed E-state index contributed by atoms with van der Waals surface area (Å²) in [7, 11) is 1.50. The van der Waals surface area contributed by atoms with Crippen molar-refractivity contribution in [3.8, 4) is 17.1 Å². The summed E-state index contributed by atoms with van der Waals surface area (Å²) < 4.78 is 50.0. The third-order valence-electron chi connectivity index (χ3n) is 6.16. The van der Waals surface area contributed by atoms with E-state index in [4.69, 9.17) is 9.47 Å². The van der Waals surface area contributed by atoms with E-state index in [0.29, 0.717) is 29.2 Å². The van der Waals surface area contributed by atoms with Gasteiger partial charge in [-0.3, -0.25) is 19.3 Å². The van der Waals surface area contributed by atoms with Gasteiger partial charge in [-0.05, 0) is 30.7 Å². The number of hydrogen-bond donors (Lipinski definition) is 3. The Labute approximate surface area is 225 Å². The number of alkyl halides is 3. The summed E-state index contributed by atoms with van der Waals surface area (Å²) in [6.07, 6.45) is -2.29. The predicted molar refractivity (Wildman–Crippen MR) is 135 cm³/mol. The number of carbonyl (C=O) groups is 1. The summed E-state index contributed by atoms with van der Waals surface area (Å²) in [6, 6.07) is 5.50. The number of pyridine rings is 2. The van der Waals surface area contributed by atoms with Gasteiger partial charge in [0, 0.05) is 24.4 Å². The SMILES string of the molecule is COc1cncc(-c2nc(NCc3cc(C)ccn3)c3ncn([C@@H]4O[C@H](C(=O)NCC(F)(F)F)C[C@H]4O)c3n2)c1. The third-order valence-corrected chi connectivity index (χ3v) is 6.16. The zero-order valence-corrected chi connectivity index (χ0v) is 21.4. The van der Waals surface area contributed by atoms with Crippen LogP contribution in [0.25, 0.3) is 22.6 Å². The van der Waals surface area contributed by atoms with E-state index in [1.54, 1.807) is 23.8 Å². The van der Waals surface area contributed by atoms with Gasteiger partial charge in [0.25, 0.3) is 0 Å². The van der Waals surface area contributed by atoms with E-state index in [9.17, 15) is 23.1 Å². The molecule has 15 heteroatoms. The van der Waals surface area contributed by atoms with Crippen LogP contribution in [0.4, 0.5) is 19.0 Å². The van der Waals surface area contributed by atoms with Gasteiger partial charge in [-0.1, -0.05) is 0 Å². The number of imidazole rings is 1. The first-order valence-electron chi connectivity index (χ1n) is 12.2. The van der Waals surface area contributed by atoms with E-state index in [2.05, 4.69) is 30.2 Å². The quantitative estimate of drug-likeness (QED) is 0.295. The highest BCUT2D eigenvalue weighted by atomic mass is 19.4. The highest BCUT2D eigenvalue weighted by Gasteiger charge is 2.41. The fourth-order valence-electron chi connectivity index (χ4n) is 4.25. The Morgan fingerprint density at radius 2 is 2.08 bits per heavy atom. The topological polar surface area (TPSA) is 149 Å². The number of nitrogens with zero attached hydrogens (tertiary/aromatic N) is 6. The molecule has 5 rings (SSSR count). The Kier molecular flexibility index (Phi) is 7.49. The van der Waals surface area contributed by atoms with E-state index in [-0.39, 0.29) is 17.9 Å². The number of ether oxygens (including phenoxy) is 2. The molecule has 0 aliphatic carbocycles. The number of rotatable bonds is 8. The number of aliphatic hydroxyl groups is 1. The summed E-state index contributed by atoms with van der Waals surface area (Å²) in [5, 5.41) is 15.7. The number of amides is 1. The molecule has 0 saturated carbocycles. The number of aliphatic hydroxyl groups excluding tert-OH is 1. The number of nitrogens with one attached hydrogen (secondary N) is 2. The molecule has 5 heterocycles. The van der Waals surface area contributed by atoms with E-state index in [1.807, 2.05) is 19.1 Å². The summed E-state index contributed by atoms with van der Waals surface area (Å²) in [6.45, 7) is 0.768. The molecule has 40 heavy (non-hydrogen) atoms. The average Bonchev–Trinajstić information content (AvgIpc) is 3.53. The van der Waals surface area contributed by atoms with Gasteiger partial charge in [0.1, 0.15) is 24.5 Å². The van der Waals surface area contributed by atoms with Crippen molar-refractivity contribution in [1.82, 2.24) is 34.8 Å².